The Hall–Kier alpha value is -3.31. The molecular weight excluding hydrogens is 550 g/mol. The van der Waals surface area contributed by atoms with Crippen LogP contribution in [0.4, 0.5) is 0 Å². The van der Waals surface area contributed by atoms with Crippen molar-refractivity contribution in [1.29, 1.82) is 0 Å². The molecule has 2 aliphatic heterocycles. The summed E-state index contributed by atoms with van der Waals surface area (Å²) in [4.78, 5) is 18.0. The van der Waals surface area contributed by atoms with Gasteiger partial charge in [-0.2, -0.15) is 4.31 Å². The average Bonchev–Trinajstić information content (AvgIpc) is 3.48. The zero-order valence-corrected chi connectivity index (χ0v) is 23.5. The molecule has 0 saturated carbocycles. The number of hydrogen-bond donors (Lipinski definition) is 0. The molecule has 40 heavy (non-hydrogen) atoms. The number of benzene rings is 3. The highest BCUT2D eigenvalue weighted by atomic mass is 35.5. The predicted octanol–water partition coefficient (Wildman–Crippen LogP) is 4.21. The van der Waals surface area contributed by atoms with Gasteiger partial charge in [-0.15, -0.1) is 0 Å². The van der Waals surface area contributed by atoms with E-state index in [4.69, 9.17) is 16.2 Å². The molecular formula is C29H30ClN5O4S. The molecule has 3 heterocycles. The Morgan fingerprint density at radius 3 is 2.35 bits per heavy atom. The first-order valence-electron chi connectivity index (χ1n) is 13.5. The van der Waals surface area contributed by atoms with Crippen molar-refractivity contribution in [3.63, 3.8) is 0 Å². The van der Waals surface area contributed by atoms with Crippen molar-refractivity contribution in [3.8, 4) is 0 Å². The van der Waals surface area contributed by atoms with E-state index in [-0.39, 0.29) is 34.8 Å². The number of sulfonamides is 1. The summed E-state index contributed by atoms with van der Waals surface area (Å²) in [5.74, 6) is -0.366. The van der Waals surface area contributed by atoms with Gasteiger partial charge in [0.25, 0.3) is 0 Å². The van der Waals surface area contributed by atoms with Crippen molar-refractivity contribution in [3.05, 3.63) is 88.9 Å². The standard InChI is InChI=1S/C29H30ClN5O4S/c30-24-13-11-22(12-14-24)28(21-6-2-1-3-7-21)33-16-18-34(19-17-33)29(36)23-8-5-15-35(20-23)40(37,38)26-10-4-9-25-27(26)32-39-31-25/h1-4,6-7,9-14,23,28H,5,8,15-20H2. The number of carbonyl (C=O) groups is 1. The lowest BCUT2D eigenvalue weighted by atomic mass is 9.95. The largest absolute Gasteiger partial charge is 0.340 e. The molecule has 1 amide bonds. The van der Waals surface area contributed by atoms with Gasteiger partial charge in [-0.25, -0.2) is 13.0 Å². The molecule has 208 valence electrons. The lowest BCUT2D eigenvalue weighted by Gasteiger charge is -2.41. The molecule has 2 atom stereocenters. The molecule has 11 heteroatoms. The number of halogens is 1. The normalized spacial score (nSPS) is 20.0. The SMILES string of the molecule is O=C(C1CCCN(S(=O)(=O)c2cccc3nonc23)C1)N1CCN(C(c2ccccc2)c2ccc(Cl)cc2)CC1. The summed E-state index contributed by atoms with van der Waals surface area (Å²) in [5.41, 5.74) is 2.94. The maximum absolute atomic E-state index is 13.6. The number of nitrogens with zero attached hydrogens (tertiary/aromatic N) is 5. The van der Waals surface area contributed by atoms with Crippen LogP contribution in [0.2, 0.25) is 5.02 Å². The van der Waals surface area contributed by atoms with Crippen LogP contribution in [0, 0.1) is 5.92 Å². The van der Waals surface area contributed by atoms with E-state index in [0.29, 0.717) is 56.1 Å². The van der Waals surface area contributed by atoms with Crippen LogP contribution in [0.1, 0.15) is 30.0 Å². The van der Waals surface area contributed by atoms with E-state index in [1.807, 2.05) is 35.2 Å². The van der Waals surface area contributed by atoms with Crippen LogP contribution >= 0.6 is 11.6 Å². The minimum atomic E-state index is -3.86. The molecule has 2 saturated heterocycles. The summed E-state index contributed by atoms with van der Waals surface area (Å²) >= 11 is 6.16. The fraction of sp³-hybridized carbons (Fsp3) is 0.345. The Morgan fingerprint density at radius 2 is 1.60 bits per heavy atom. The van der Waals surface area contributed by atoms with E-state index in [1.165, 1.54) is 15.9 Å². The summed E-state index contributed by atoms with van der Waals surface area (Å²) in [7, 11) is -3.86. The predicted molar refractivity (Wildman–Crippen MR) is 151 cm³/mol. The van der Waals surface area contributed by atoms with E-state index in [0.717, 1.165) is 5.56 Å². The van der Waals surface area contributed by atoms with Gasteiger partial charge < -0.3 is 4.90 Å². The third-order valence-corrected chi connectivity index (χ3v) is 10.0. The van der Waals surface area contributed by atoms with E-state index in [2.05, 4.69) is 39.5 Å². The quantitative estimate of drug-likeness (QED) is 0.337. The molecule has 6 rings (SSSR count). The molecule has 0 aliphatic carbocycles. The second-order valence-corrected chi connectivity index (χ2v) is 12.7. The molecule has 3 aromatic carbocycles. The Balaban J connectivity index is 1.14. The number of fused-ring (bicyclic) bond motifs is 1. The highest BCUT2D eigenvalue weighted by Gasteiger charge is 2.37. The van der Waals surface area contributed by atoms with Gasteiger partial charge in [0.1, 0.15) is 10.4 Å². The topological polar surface area (TPSA) is 99.8 Å². The third-order valence-electron chi connectivity index (χ3n) is 7.89. The van der Waals surface area contributed by atoms with E-state index < -0.39 is 10.0 Å². The number of rotatable bonds is 6. The summed E-state index contributed by atoms with van der Waals surface area (Å²) in [6, 6.07) is 23.1. The average molecular weight is 580 g/mol. The number of piperidine rings is 1. The highest BCUT2D eigenvalue weighted by Crippen LogP contribution is 2.32. The van der Waals surface area contributed by atoms with Crippen molar-refractivity contribution in [2.45, 2.75) is 23.8 Å². The molecule has 0 radical (unpaired) electrons. The minimum absolute atomic E-state index is 0.0172. The second-order valence-electron chi connectivity index (χ2n) is 10.3. The molecule has 2 unspecified atom stereocenters. The Bertz CT molecular complexity index is 1590. The first-order valence-corrected chi connectivity index (χ1v) is 15.3. The smallest absolute Gasteiger partial charge is 0.245 e. The van der Waals surface area contributed by atoms with Crippen molar-refractivity contribution in [2.24, 2.45) is 5.92 Å². The summed E-state index contributed by atoms with van der Waals surface area (Å²) in [6.07, 6.45) is 1.29. The highest BCUT2D eigenvalue weighted by molar-refractivity contribution is 7.89. The van der Waals surface area contributed by atoms with E-state index in [1.54, 1.807) is 12.1 Å². The van der Waals surface area contributed by atoms with Crippen LogP contribution in [0.15, 0.2) is 82.3 Å². The lowest BCUT2D eigenvalue weighted by molar-refractivity contribution is -0.138. The van der Waals surface area contributed by atoms with Crippen molar-refractivity contribution in [2.75, 3.05) is 39.3 Å². The van der Waals surface area contributed by atoms with Crippen molar-refractivity contribution >= 4 is 38.6 Å². The summed E-state index contributed by atoms with van der Waals surface area (Å²) in [6.45, 7) is 3.11. The number of piperazine rings is 1. The summed E-state index contributed by atoms with van der Waals surface area (Å²) < 4.78 is 33.2. The summed E-state index contributed by atoms with van der Waals surface area (Å²) in [5, 5.41) is 8.26. The lowest BCUT2D eigenvalue weighted by Crippen LogP contribution is -2.53. The van der Waals surface area contributed by atoms with Crippen LogP contribution in [0.5, 0.6) is 0 Å². The zero-order chi connectivity index (χ0) is 27.7. The first-order chi connectivity index (χ1) is 19.4. The third kappa shape index (κ3) is 5.24. The minimum Gasteiger partial charge on any atom is -0.340 e. The number of aromatic nitrogens is 2. The van der Waals surface area contributed by atoms with Gasteiger partial charge in [0, 0.05) is 44.3 Å². The maximum atomic E-state index is 13.6. The fourth-order valence-corrected chi connectivity index (χ4v) is 7.63. The first kappa shape index (κ1) is 26.9. The van der Waals surface area contributed by atoms with Crippen LogP contribution in [0.3, 0.4) is 0 Å². The van der Waals surface area contributed by atoms with Gasteiger partial charge in [0.15, 0.2) is 5.52 Å². The van der Waals surface area contributed by atoms with Gasteiger partial charge in [-0.3, -0.25) is 9.69 Å². The van der Waals surface area contributed by atoms with Gasteiger partial charge in [0.05, 0.1) is 12.0 Å². The van der Waals surface area contributed by atoms with Gasteiger partial charge in [-0.1, -0.05) is 60.1 Å². The molecule has 9 nitrogen and oxygen atoms in total. The molecule has 2 aliphatic rings. The Kier molecular flexibility index (Phi) is 7.59. The molecule has 2 fully saturated rings. The molecule has 0 spiro atoms. The monoisotopic (exact) mass is 579 g/mol. The van der Waals surface area contributed by atoms with E-state index >= 15 is 0 Å². The second kappa shape index (κ2) is 11.3. The Morgan fingerprint density at radius 1 is 0.875 bits per heavy atom. The van der Waals surface area contributed by atoms with Crippen LogP contribution in [-0.4, -0.2) is 78.0 Å². The zero-order valence-electron chi connectivity index (χ0n) is 21.9. The van der Waals surface area contributed by atoms with E-state index in [9.17, 15) is 13.2 Å². The van der Waals surface area contributed by atoms with Crippen LogP contribution in [-0.2, 0) is 14.8 Å². The van der Waals surface area contributed by atoms with Gasteiger partial charge >= 0.3 is 0 Å². The van der Waals surface area contributed by atoms with Crippen molar-refractivity contribution < 1.29 is 17.8 Å². The number of carbonyl (C=O) groups excluding carboxylic acids is 1. The molecule has 4 aromatic rings. The van der Waals surface area contributed by atoms with Gasteiger partial charge in [0.2, 0.25) is 15.9 Å². The number of hydrogen-bond acceptors (Lipinski definition) is 7. The fourth-order valence-electron chi connectivity index (χ4n) is 5.84. The van der Waals surface area contributed by atoms with Crippen molar-refractivity contribution in [1.82, 2.24) is 24.4 Å². The molecule has 1 aromatic heterocycles. The Labute approximate surface area is 238 Å². The van der Waals surface area contributed by atoms with Crippen LogP contribution in [0.25, 0.3) is 11.0 Å². The number of amides is 1. The molecule has 0 bridgehead atoms. The van der Waals surface area contributed by atoms with Gasteiger partial charge in [-0.05, 0) is 58.5 Å². The molecule has 0 N–H and O–H groups in total. The maximum Gasteiger partial charge on any atom is 0.245 e. The van der Waals surface area contributed by atoms with Crippen LogP contribution < -0.4 is 0 Å².